The fourth-order valence-corrected chi connectivity index (χ4v) is 3.74. The quantitative estimate of drug-likeness (QED) is 0.567. The van der Waals surface area contributed by atoms with Gasteiger partial charge in [0, 0.05) is 18.2 Å². The largest absolute Gasteiger partial charge is 0.491 e. The number of aliphatic hydroxyl groups excluding tert-OH is 1. The van der Waals surface area contributed by atoms with E-state index in [-0.39, 0.29) is 25.1 Å². The number of carbonyl (C=O) groups is 1. The van der Waals surface area contributed by atoms with E-state index in [4.69, 9.17) is 32.7 Å². The first-order valence-corrected chi connectivity index (χ1v) is 9.60. The Morgan fingerprint density at radius 3 is 2.52 bits per heavy atom. The number of rotatable bonds is 8. The van der Waals surface area contributed by atoms with Crippen molar-refractivity contribution in [1.82, 2.24) is 5.32 Å². The summed E-state index contributed by atoms with van der Waals surface area (Å²) >= 11 is 13.5. The highest BCUT2D eigenvalue weighted by Gasteiger charge is 2.15. The van der Waals surface area contributed by atoms with E-state index in [2.05, 4.69) is 5.32 Å². The molecule has 0 saturated carbocycles. The topological polar surface area (TPSA) is 67.8 Å². The zero-order valence-electron chi connectivity index (χ0n) is 15.1. The number of esters is 1. The molecule has 1 unspecified atom stereocenters. The van der Waals surface area contributed by atoms with Crippen molar-refractivity contribution in [3.05, 3.63) is 38.5 Å². The molecule has 1 aromatic heterocycles. The first-order chi connectivity index (χ1) is 12.3. The van der Waals surface area contributed by atoms with Crippen LogP contribution in [0.4, 0.5) is 0 Å². The second kappa shape index (κ2) is 11.1. The van der Waals surface area contributed by atoms with Gasteiger partial charge in [-0.05, 0) is 29.8 Å². The zero-order valence-corrected chi connectivity index (χ0v) is 18.3. The summed E-state index contributed by atoms with van der Waals surface area (Å²) in [7, 11) is 1.31. The molecule has 1 atom stereocenters. The maximum absolute atomic E-state index is 12.0. The Hall–Kier alpha value is -1.02. The molecule has 0 radical (unpaired) electrons. The Kier molecular flexibility index (Phi) is 9.87. The Morgan fingerprint density at radius 2 is 1.96 bits per heavy atom. The molecule has 2 N–H and O–H groups in total. The molecular weight excluding hydrogens is 433 g/mol. The summed E-state index contributed by atoms with van der Waals surface area (Å²) in [5, 5.41) is 13.1. The van der Waals surface area contributed by atoms with E-state index in [0.717, 1.165) is 0 Å². The third kappa shape index (κ3) is 7.14. The lowest BCUT2D eigenvalue weighted by Gasteiger charge is -2.16. The third-order valence-electron chi connectivity index (χ3n) is 3.50. The standard InChI is InChI=1S/C18H21Cl2NO4S.ClH/c1-10(2)21-8-13(22)9-25-14-5-11(4-12(6-14)18(23)24-3)15-7-16(19)26-17(15)20;/h4-7,10,13,21-22H,8-9H2,1-3H3;1H. The molecule has 0 spiro atoms. The molecule has 0 aliphatic rings. The first kappa shape index (κ1) is 24.0. The van der Waals surface area contributed by atoms with Crippen LogP contribution < -0.4 is 10.1 Å². The molecule has 9 heteroatoms. The molecule has 0 saturated heterocycles. The number of methoxy groups -OCH3 is 1. The van der Waals surface area contributed by atoms with Gasteiger partial charge in [-0.2, -0.15) is 0 Å². The molecule has 0 aliphatic carbocycles. The van der Waals surface area contributed by atoms with E-state index < -0.39 is 12.1 Å². The van der Waals surface area contributed by atoms with Gasteiger partial charge in [-0.25, -0.2) is 4.79 Å². The van der Waals surface area contributed by atoms with Crippen LogP contribution in [0.15, 0.2) is 24.3 Å². The van der Waals surface area contributed by atoms with Crippen molar-refractivity contribution in [2.75, 3.05) is 20.3 Å². The number of nitrogens with one attached hydrogen (secondary N) is 1. The first-order valence-electron chi connectivity index (χ1n) is 8.03. The fraction of sp³-hybridized carbons (Fsp3) is 0.389. The summed E-state index contributed by atoms with van der Waals surface area (Å²) in [4.78, 5) is 12.0. The van der Waals surface area contributed by atoms with E-state index in [1.165, 1.54) is 18.4 Å². The Bertz CT molecular complexity index is 767. The molecule has 2 aromatic rings. The lowest BCUT2D eigenvalue weighted by Crippen LogP contribution is -2.35. The molecule has 150 valence electrons. The summed E-state index contributed by atoms with van der Waals surface area (Å²) in [6.45, 7) is 4.49. The van der Waals surface area contributed by atoms with Gasteiger partial charge in [-0.15, -0.1) is 23.7 Å². The minimum atomic E-state index is -0.679. The van der Waals surface area contributed by atoms with Gasteiger partial charge in [0.05, 0.1) is 17.0 Å². The van der Waals surface area contributed by atoms with Crippen molar-refractivity contribution < 1.29 is 19.4 Å². The number of hydrogen-bond donors (Lipinski definition) is 2. The van der Waals surface area contributed by atoms with Crippen LogP contribution in [-0.2, 0) is 4.74 Å². The van der Waals surface area contributed by atoms with Crippen molar-refractivity contribution in [2.45, 2.75) is 26.0 Å². The molecule has 27 heavy (non-hydrogen) atoms. The summed E-state index contributed by atoms with van der Waals surface area (Å²) in [5.41, 5.74) is 1.72. The van der Waals surface area contributed by atoms with Gasteiger partial charge in [0.2, 0.25) is 0 Å². The maximum atomic E-state index is 12.0. The molecule has 1 aromatic carbocycles. The van der Waals surface area contributed by atoms with E-state index in [9.17, 15) is 9.90 Å². The normalized spacial score (nSPS) is 11.8. The van der Waals surface area contributed by atoms with Crippen LogP contribution in [-0.4, -0.2) is 43.5 Å². The highest BCUT2D eigenvalue weighted by Crippen LogP contribution is 2.39. The molecular formula is C18H22Cl3NO4S. The average molecular weight is 455 g/mol. The number of aliphatic hydroxyl groups is 1. The number of ether oxygens (including phenoxy) is 2. The Labute approximate surface area is 179 Å². The zero-order chi connectivity index (χ0) is 19.3. The van der Waals surface area contributed by atoms with Gasteiger partial charge in [0.25, 0.3) is 0 Å². The number of halogens is 3. The van der Waals surface area contributed by atoms with Crippen molar-refractivity contribution in [1.29, 1.82) is 0 Å². The van der Waals surface area contributed by atoms with Gasteiger partial charge in [-0.1, -0.05) is 37.0 Å². The summed E-state index contributed by atoms with van der Waals surface area (Å²) < 4.78 is 11.5. The van der Waals surface area contributed by atoms with Crippen molar-refractivity contribution in [3.63, 3.8) is 0 Å². The average Bonchev–Trinajstić information content (AvgIpc) is 2.95. The second-order valence-electron chi connectivity index (χ2n) is 6.00. The maximum Gasteiger partial charge on any atom is 0.338 e. The van der Waals surface area contributed by atoms with E-state index in [1.807, 2.05) is 13.8 Å². The molecule has 0 amide bonds. The predicted octanol–water partition coefficient (Wildman–Crippen LogP) is 4.67. The van der Waals surface area contributed by atoms with Crippen LogP contribution >= 0.6 is 46.9 Å². The van der Waals surface area contributed by atoms with Gasteiger partial charge in [0.1, 0.15) is 22.8 Å². The SMILES string of the molecule is COC(=O)c1cc(OCC(O)CNC(C)C)cc(-c2cc(Cl)sc2Cl)c1.Cl. The second-order valence-corrected chi connectivity index (χ2v) is 8.29. The number of benzene rings is 1. The van der Waals surface area contributed by atoms with Crippen molar-refractivity contribution in [3.8, 4) is 16.9 Å². The van der Waals surface area contributed by atoms with Crippen LogP contribution in [0.25, 0.3) is 11.1 Å². The Morgan fingerprint density at radius 1 is 1.26 bits per heavy atom. The van der Waals surface area contributed by atoms with Crippen LogP contribution in [0.5, 0.6) is 5.75 Å². The molecule has 1 heterocycles. The van der Waals surface area contributed by atoms with E-state index in [1.54, 1.807) is 24.3 Å². The lowest BCUT2D eigenvalue weighted by molar-refractivity contribution is 0.0600. The highest BCUT2D eigenvalue weighted by atomic mass is 35.5. The predicted molar refractivity (Wildman–Crippen MR) is 113 cm³/mol. The molecule has 2 rings (SSSR count). The third-order valence-corrected chi connectivity index (χ3v) is 4.99. The van der Waals surface area contributed by atoms with Crippen LogP contribution in [0.1, 0.15) is 24.2 Å². The minimum absolute atomic E-state index is 0. The minimum Gasteiger partial charge on any atom is -0.491 e. The number of carbonyl (C=O) groups excluding carboxylic acids is 1. The molecule has 5 nitrogen and oxygen atoms in total. The van der Waals surface area contributed by atoms with E-state index >= 15 is 0 Å². The summed E-state index contributed by atoms with van der Waals surface area (Å²) in [5.74, 6) is -0.0546. The smallest absolute Gasteiger partial charge is 0.338 e. The van der Waals surface area contributed by atoms with Gasteiger partial charge in [-0.3, -0.25) is 0 Å². The molecule has 0 aliphatic heterocycles. The summed E-state index contributed by atoms with van der Waals surface area (Å²) in [6.07, 6.45) is -0.679. The Balaban J connectivity index is 0.00000364. The number of hydrogen-bond acceptors (Lipinski definition) is 6. The lowest BCUT2D eigenvalue weighted by atomic mass is 10.1. The van der Waals surface area contributed by atoms with Gasteiger partial charge < -0.3 is 19.9 Å². The van der Waals surface area contributed by atoms with E-state index in [0.29, 0.717) is 37.7 Å². The number of thiophene rings is 1. The van der Waals surface area contributed by atoms with Crippen molar-refractivity contribution in [2.24, 2.45) is 0 Å². The van der Waals surface area contributed by atoms with Crippen molar-refractivity contribution >= 4 is 52.9 Å². The molecule has 0 bridgehead atoms. The van der Waals surface area contributed by atoms with Crippen LogP contribution in [0.3, 0.4) is 0 Å². The van der Waals surface area contributed by atoms with Crippen LogP contribution in [0.2, 0.25) is 8.67 Å². The fourth-order valence-electron chi connectivity index (χ4n) is 2.23. The summed E-state index contributed by atoms with van der Waals surface area (Å²) in [6, 6.07) is 6.99. The highest BCUT2D eigenvalue weighted by molar-refractivity contribution is 7.20. The monoisotopic (exact) mass is 453 g/mol. The van der Waals surface area contributed by atoms with Crippen LogP contribution in [0, 0.1) is 0 Å². The van der Waals surface area contributed by atoms with Gasteiger partial charge in [0.15, 0.2) is 0 Å². The molecule has 0 fully saturated rings. The van der Waals surface area contributed by atoms with Gasteiger partial charge >= 0.3 is 5.97 Å².